The molecule has 0 aromatic heterocycles. The number of hydrogen-bond donors (Lipinski definition) is 1. The summed E-state index contributed by atoms with van der Waals surface area (Å²) in [5, 5.41) is 8.62. The monoisotopic (exact) mass is 258 g/mol. The highest BCUT2D eigenvalue weighted by molar-refractivity contribution is 7.92. The Morgan fingerprint density at radius 2 is 2.12 bits per heavy atom. The van der Waals surface area contributed by atoms with Gasteiger partial charge in [-0.1, -0.05) is 19.1 Å². The van der Waals surface area contributed by atoms with Gasteiger partial charge in [-0.2, -0.15) is 0 Å². The summed E-state index contributed by atoms with van der Waals surface area (Å²) in [5.41, 5.74) is 0.658. The van der Waals surface area contributed by atoms with Crippen molar-refractivity contribution in [3.63, 3.8) is 0 Å². The second kappa shape index (κ2) is 4.38. The molecule has 94 valence electrons. The molecule has 1 aromatic carbocycles. The number of halogens is 1. The van der Waals surface area contributed by atoms with E-state index in [1.54, 1.807) is 19.1 Å². The van der Waals surface area contributed by atoms with Gasteiger partial charge in [0.25, 0.3) is 0 Å². The standard InChI is InChI=1S/C12H15FO3S/c1-2-17(15,16)12-10(7-14)11(12)8-4-3-5-9(13)6-8/h3-6,10-12,14H,2,7H2,1H3. The normalized spacial score (nSPS) is 28.1. The SMILES string of the molecule is CCS(=O)(=O)C1C(CO)C1c1cccc(F)c1. The van der Waals surface area contributed by atoms with Crippen molar-refractivity contribution in [3.8, 4) is 0 Å². The van der Waals surface area contributed by atoms with Gasteiger partial charge in [-0.25, -0.2) is 12.8 Å². The Balaban J connectivity index is 2.29. The summed E-state index contributed by atoms with van der Waals surface area (Å²) in [6.07, 6.45) is 0. The first-order valence-corrected chi connectivity index (χ1v) is 7.30. The second-order valence-corrected chi connectivity index (χ2v) is 6.79. The first-order chi connectivity index (χ1) is 8.01. The summed E-state index contributed by atoms with van der Waals surface area (Å²) in [6, 6.07) is 5.94. The van der Waals surface area contributed by atoms with E-state index in [9.17, 15) is 17.9 Å². The van der Waals surface area contributed by atoms with Crippen LogP contribution in [-0.4, -0.2) is 31.1 Å². The maximum atomic E-state index is 13.1. The molecule has 0 saturated heterocycles. The molecule has 1 aliphatic rings. The van der Waals surface area contributed by atoms with Crippen molar-refractivity contribution in [2.24, 2.45) is 5.92 Å². The quantitative estimate of drug-likeness (QED) is 0.886. The largest absolute Gasteiger partial charge is 0.396 e. The third-order valence-electron chi connectivity index (χ3n) is 3.36. The lowest BCUT2D eigenvalue weighted by atomic mass is 10.1. The van der Waals surface area contributed by atoms with Crippen LogP contribution in [0.2, 0.25) is 0 Å². The number of aliphatic hydroxyl groups excluding tert-OH is 1. The van der Waals surface area contributed by atoms with Gasteiger partial charge in [0.15, 0.2) is 9.84 Å². The zero-order valence-corrected chi connectivity index (χ0v) is 10.3. The summed E-state index contributed by atoms with van der Waals surface area (Å²) in [6.45, 7) is 1.41. The minimum Gasteiger partial charge on any atom is -0.396 e. The number of hydrogen-bond acceptors (Lipinski definition) is 3. The maximum absolute atomic E-state index is 13.1. The Labute approximate surface area is 100 Å². The molecule has 0 aliphatic heterocycles. The predicted octanol–water partition coefficient (Wildman–Crippen LogP) is 1.33. The molecule has 3 nitrogen and oxygen atoms in total. The Hall–Kier alpha value is -0.940. The summed E-state index contributed by atoms with van der Waals surface area (Å²) >= 11 is 0. The maximum Gasteiger partial charge on any atom is 0.153 e. The smallest absolute Gasteiger partial charge is 0.153 e. The van der Waals surface area contributed by atoms with Gasteiger partial charge >= 0.3 is 0 Å². The molecule has 3 atom stereocenters. The molecule has 0 heterocycles. The summed E-state index contributed by atoms with van der Waals surface area (Å²) in [4.78, 5) is 0. The number of rotatable bonds is 4. The first-order valence-electron chi connectivity index (χ1n) is 5.59. The first kappa shape index (κ1) is 12.5. The van der Waals surface area contributed by atoms with E-state index < -0.39 is 15.1 Å². The van der Waals surface area contributed by atoms with Crippen molar-refractivity contribution in [1.29, 1.82) is 0 Å². The van der Waals surface area contributed by atoms with Crippen LogP contribution in [0.3, 0.4) is 0 Å². The van der Waals surface area contributed by atoms with Crippen LogP contribution in [-0.2, 0) is 9.84 Å². The van der Waals surface area contributed by atoms with E-state index in [0.29, 0.717) is 5.56 Å². The van der Waals surface area contributed by atoms with Crippen LogP contribution < -0.4 is 0 Å². The third kappa shape index (κ3) is 2.21. The molecule has 0 radical (unpaired) electrons. The zero-order chi connectivity index (χ0) is 12.6. The van der Waals surface area contributed by atoms with Crippen LogP contribution in [0.5, 0.6) is 0 Å². The van der Waals surface area contributed by atoms with Crippen LogP contribution in [0, 0.1) is 11.7 Å². The molecular formula is C12H15FO3S. The molecule has 1 N–H and O–H groups in total. The highest BCUT2D eigenvalue weighted by atomic mass is 32.2. The van der Waals surface area contributed by atoms with Crippen molar-refractivity contribution < 1.29 is 17.9 Å². The molecule has 1 fully saturated rings. The van der Waals surface area contributed by atoms with E-state index in [1.165, 1.54) is 12.1 Å². The molecule has 0 bridgehead atoms. The molecule has 1 aliphatic carbocycles. The van der Waals surface area contributed by atoms with Crippen molar-refractivity contribution in [2.75, 3.05) is 12.4 Å². The number of benzene rings is 1. The Morgan fingerprint density at radius 1 is 1.41 bits per heavy atom. The minimum absolute atomic E-state index is 0.0555. The lowest BCUT2D eigenvalue weighted by molar-refractivity contribution is 0.274. The van der Waals surface area contributed by atoms with Crippen LogP contribution in [0.4, 0.5) is 4.39 Å². The van der Waals surface area contributed by atoms with Crippen LogP contribution in [0.1, 0.15) is 18.4 Å². The van der Waals surface area contributed by atoms with Crippen LogP contribution in [0.15, 0.2) is 24.3 Å². The fourth-order valence-electron chi connectivity index (χ4n) is 2.39. The Bertz CT molecular complexity index is 512. The second-order valence-electron chi connectivity index (χ2n) is 4.34. The predicted molar refractivity (Wildman–Crippen MR) is 63.0 cm³/mol. The average Bonchev–Trinajstić information content (AvgIpc) is 3.04. The third-order valence-corrected chi connectivity index (χ3v) is 5.63. The van der Waals surface area contributed by atoms with E-state index in [-0.39, 0.29) is 30.0 Å². The highest BCUT2D eigenvalue weighted by Crippen LogP contribution is 2.52. The van der Waals surface area contributed by atoms with Crippen molar-refractivity contribution in [1.82, 2.24) is 0 Å². The van der Waals surface area contributed by atoms with Gasteiger partial charge in [0.05, 0.1) is 5.25 Å². The molecule has 0 amide bonds. The Morgan fingerprint density at radius 3 is 2.65 bits per heavy atom. The fraction of sp³-hybridized carbons (Fsp3) is 0.500. The van der Waals surface area contributed by atoms with Crippen LogP contribution >= 0.6 is 0 Å². The van der Waals surface area contributed by atoms with E-state index in [2.05, 4.69) is 0 Å². The van der Waals surface area contributed by atoms with Crippen molar-refractivity contribution >= 4 is 9.84 Å². The van der Waals surface area contributed by atoms with E-state index in [1.807, 2.05) is 0 Å². The molecule has 5 heteroatoms. The molecule has 1 aromatic rings. The van der Waals surface area contributed by atoms with E-state index in [4.69, 9.17) is 0 Å². The van der Waals surface area contributed by atoms with E-state index in [0.717, 1.165) is 0 Å². The van der Waals surface area contributed by atoms with Crippen molar-refractivity contribution in [3.05, 3.63) is 35.6 Å². The van der Waals surface area contributed by atoms with Gasteiger partial charge in [0.2, 0.25) is 0 Å². The van der Waals surface area contributed by atoms with Gasteiger partial charge in [0, 0.05) is 24.2 Å². The minimum atomic E-state index is -3.18. The number of aliphatic hydroxyl groups is 1. The zero-order valence-electron chi connectivity index (χ0n) is 9.51. The number of sulfone groups is 1. The highest BCUT2D eigenvalue weighted by Gasteiger charge is 2.57. The van der Waals surface area contributed by atoms with Gasteiger partial charge in [0.1, 0.15) is 5.82 Å². The molecule has 17 heavy (non-hydrogen) atoms. The van der Waals surface area contributed by atoms with E-state index >= 15 is 0 Å². The Kier molecular flexibility index (Phi) is 3.23. The molecule has 2 rings (SSSR count). The van der Waals surface area contributed by atoms with Crippen LogP contribution in [0.25, 0.3) is 0 Å². The molecule has 0 spiro atoms. The molecule has 1 saturated carbocycles. The summed E-state index contributed by atoms with van der Waals surface area (Å²) in [5.74, 6) is -0.874. The topological polar surface area (TPSA) is 54.4 Å². The fourth-order valence-corrected chi connectivity index (χ4v) is 4.28. The van der Waals surface area contributed by atoms with Gasteiger partial charge < -0.3 is 5.11 Å². The van der Waals surface area contributed by atoms with Gasteiger partial charge in [-0.05, 0) is 17.7 Å². The lowest BCUT2D eigenvalue weighted by Crippen LogP contribution is -2.13. The average molecular weight is 258 g/mol. The van der Waals surface area contributed by atoms with Gasteiger partial charge in [-0.15, -0.1) is 0 Å². The lowest BCUT2D eigenvalue weighted by Gasteiger charge is -2.00. The van der Waals surface area contributed by atoms with Crippen molar-refractivity contribution in [2.45, 2.75) is 18.1 Å². The summed E-state index contributed by atoms with van der Waals surface area (Å²) < 4.78 is 36.7. The van der Waals surface area contributed by atoms with Gasteiger partial charge in [-0.3, -0.25) is 0 Å². The molecule has 3 unspecified atom stereocenters. The summed E-state index contributed by atoms with van der Waals surface area (Å²) in [7, 11) is -3.18. The molecular weight excluding hydrogens is 243 g/mol.